The van der Waals surface area contributed by atoms with Gasteiger partial charge >= 0.3 is 0 Å². The van der Waals surface area contributed by atoms with Gasteiger partial charge in [-0.2, -0.15) is 8.78 Å². The predicted molar refractivity (Wildman–Crippen MR) is 62.6 cm³/mol. The molecule has 0 saturated carbocycles. The first kappa shape index (κ1) is 14.1. The maximum atomic E-state index is 13.7. The van der Waals surface area contributed by atoms with Gasteiger partial charge in [-0.05, 0) is 12.1 Å². The SMILES string of the molecule is COc1cc(OC)cc(-c2nc(F)c(F)c(F)c2F)c1. The molecule has 0 saturated heterocycles. The zero-order chi connectivity index (χ0) is 14.9. The fourth-order valence-corrected chi connectivity index (χ4v) is 1.62. The van der Waals surface area contributed by atoms with Crippen LogP contribution in [0.4, 0.5) is 17.6 Å². The first-order valence-corrected chi connectivity index (χ1v) is 5.41. The van der Waals surface area contributed by atoms with Crippen LogP contribution in [-0.2, 0) is 0 Å². The van der Waals surface area contributed by atoms with E-state index in [4.69, 9.17) is 9.47 Å². The molecule has 106 valence electrons. The van der Waals surface area contributed by atoms with E-state index in [1.807, 2.05) is 0 Å². The molecule has 0 radical (unpaired) electrons. The molecule has 1 aromatic heterocycles. The lowest BCUT2D eigenvalue weighted by Gasteiger charge is -2.09. The molecule has 0 aliphatic carbocycles. The Hall–Kier alpha value is -2.31. The standard InChI is InChI=1S/C13H9F4NO2/c1-19-7-3-6(4-8(5-7)20-2)12-10(15)9(14)11(16)13(17)18-12/h3-5H,1-2H3. The molecule has 0 aliphatic rings. The van der Waals surface area contributed by atoms with E-state index in [-0.39, 0.29) is 17.1 Å². The minimum atomic E-state index is -1.96. The first-order valence-electron chi connectivity index (χ1n) is 5.41. The molecule has 2 aromatic rings. The number of aromatic nitrogens is 1. The first-order chi connectivity index (χ1) is 9.47. The van der Waals surface area contributed by atoms with Crippen molar-refractivity contribution in [2.75, 3.05) is 14.2 Å². The summed E-state index contributed by atoms with van der Waals surface area (Å²) in [6.45, 7) is 0. The molecule has 7 heteroatoms. The van der Waals surface area contributed by atoms with Gasteiger partial charge in [-0.15, -0.1) is 0 Å². The van der Waals surface area contributed by atoms with Gasteiger partial charge in [-0.25, -0.2) is 13.8 Å². The van der Waals surface area contributed by atoms with Gasteiger partial charge in [0, 0.05) is 11.6 Å². The summed E-state index contributed by atoms with van der Waals surface area (Å²) in [5.74, 6) is -6.65. The number of rotatable bonds is 3. The summed E-state index contributed by atoms with van der Waals surface area (Å²) in [5, 5.41) is 0. The number of methoxy groups -OCH3 is 2. The molecule has 3 nitrogen and oxygen atoms in total. The molecule has 1 heterocycles. The fourth-order valence-electron chi connectivity index (χ4n) is 1.62. The Labute approximate surface area is 111 Å². The van der Waals surface area contributed by atoms with Gasteiger partial charge in [0.2, 0.25) is 11.6 Å². The van der Waals surface area contributed by atoms with E-state index in [1.165, 1.54) is 32.4 Å². The van der Waals surface area contributed by atoms with Crippen molar-refractivity contribution < 1.29 is 27.0 Å². The average Bonchev–Trinajstić information content (AvgIpc) is 2.48. The monoisotopic (exact) mass is 287 g/mol. The Morgan fingerprint density at radius 1 is 0.800 bits per heavy atom. The quantitative estimate of drug-likeness (QED) is 0.641. The summed E-state index contributed by atoms with van der Waals surface area (Å²) in [5.41, 5.74) is -0.671. The summed E-state index contributed by atoms with van der Waals surface area (Å²) in [6, 6.07) is 4.08. The van der Waals surface area contributed by atoms with Crippen LogP contribution in [0.1, 0.15) is 0 Å². The van der Waals surface area contributed by atoms with Gasteiger partial charge < -0.3 is 9.47 Å². The molecular weight excluding hydrogens is 278 g/mol. The van der Waals surface area contributed by atoms with Crippen molar-refractivity contribution in [3.8, 4) is 22.8 Å². The second-order valence-electron chi connectivity index (χ2n) is 3.79. The Balaban J connectivity index is 2.68. The molecule has 1 aromatic carbocycles. The highest BCUT2D eigenvalue weighted by atomic mass is 19.2. The molecule has 0 atom stereocenters. The van der Waals surface area contributed by atoms with Crippen LogP contribution in [0.3, 0.4) is 0 Å². The second-order valence-corrected chi connectivity index (χ2v) is 3.79. The molecule has 0 bridgehead atoms. The van der Waals surface area contributed by atoms with E-state index in [2.05, 4.69) is 4.98 Å². The van der Waals surface area contributed by atoms with Crippen LogP contribution in [0, 0.1) is 23.4 Å². The highest BCUT2D eigenvalue weighted by molar-refractivity contribution is 5.64. The van der Waals surface area contributed by atoms with E-state index >= 15 is 0 Å². The number of ether oxygens (including phenoxy) is 2. The van der Waals surface area contributed by atoms with E-state index in [0.29, 0.717) is 0 Å². The summed E-state index contributed by atoms with van der Waals surface area (Å²) in [6.07, 6.45) is 0. The molecule has 0 fully saturated rings. The Morgan fingerprint density at radius 3 is 1.85 bits per heavy atom. The lowest BCUT2D eigenvalue weighted by atomic mass is 10.1. The van der Waals surface area contributed by atoms with Crippen molar-refractivity contribution in [2.45, 2.75) is 0 Å². The molecule has 0 unspecified atom stereocenters. The maximum Gasteiger partial charge on any atom is 0.252 e. The van der Waals surface area contributed by atoms with E-state index in [1.54, 1.807) is 0 Å². The number of pyridine rings is 1. The summed E-state index contributed by atoms with van der Waals surface area (Å²) < 4.78 is 62.8. The number of hydrogen-bond donors (Lipinski definition) is 0. The van der Waals surface area contributed by atoms with E-state index < -0.39 is 29.1 Å². The third-order valence-corrected chi connectivity index (χ3v) is 2.61. The summed E-state index contributed by atoms with van der Waals surface area (Å²) >= 11 is 0. The van der Waals surface area contributed by atoms with Crippen LogP contribution in [0.25, 0.3) is 11.3 Å². The minimum Gasteiger partial charge on any atom is -0.497 e. The topological polar surface area (TPSA) is 31.4 Å². The molecular formula is C13H9F4NO2. The van der Waals surface area contributed by atoms with Crippen molar-refractivity contribution in [1.29, 1.82) is 0 Å². The average molecular weight is 287 g/mol. The van der Waals surface area contributed by atoms with Crippen LogP contribution in [-0.4, -0.2) is 19.2 Å². The Kier molecular flexibility index (Phi) is 3.78. The van der Waals surface area contributed by atoms with Crippen molar-refractivity contribution >= 4 is 0 Å². The molecule has 0 spiro atoms. The molecule has 2 rings (SSSR count). The van der Waals surface area contributed by atoms with Gasteiger partial charge in [-0.3, -0.25) is 0 Å². The zero-order valence-electron chi connectivity index (χ0n) is 10.5. The number of benzene rings is 1. The third kappa shape index (κ3) is 2.38. The van der Waals surface area contributed by atoms with Crippen molar-refractivity contribution in [2.24, 2.45) is 0 Å². The van der Waals surface area contributed by atoms with Gasteiger partial charge in [0.1, 0.15) is 17.2 Å². The van der Waals surface area contributed by atoms with Crippen molar-refractivity contribution in [3.63, 3.8) is 0 Å². The molecule has 0 N–H and O–H groups in total. The summed E-state index contributed by atoms with van der Waals surface area (Å²) in [7, 11) is 2.71. The van der Waals surface area contributed by atoms with E-state index in [0.717, 1.165) is 0 Å². The van der Waals surface area contributed by atoms with Gasteiger partial charge in [-0.1, -0.05) is 0 Å². The number of halogens is 4. The van der Waals surface area contributed by atoms with Crippen molar-refractivity contribution in [1.82, 2.24) is 4.98 Å². The highest BCUT2D eigenvalue weighted by Gasteiger charge is 2.22. The smallest absolute Gasteiger partial charge is 0.252 e. The Morgan fingerprint density at radius 2 is 1.35 bits per heavy atom. The van der Waals surface area contributed by atoms with Crippen LogP contribution in [0.15, 0.2) is 18.2 Å². The fraction of sp³-hybridized carbons (Fsp3) is 0.154. The maximum absolute atomic E-state index is 13.7. The normalized spacial score (nSPS) is 10.5. The summed E-state index contributed by atoms with van der Waals surface area (Å²) in [4.78, 5) is 3.09. The Bertz CT molecular complexity index is 639. The van der Waals surface area contributed by atoms with Crippen LogP contribution in [0.5, 0.6) is 11.5 Å². The van der Waals surface area contributed by atoms with Gasteiger partial charge in [0.25, 0.3) is 5.95 Å². The highest BCUT2D eigenvalue weighted by Crippen LogP contribution is 2.31. The number of nitrogens with zero attached hydrogens (tertiary/aromatic N) is 1. The number of hydrogen-bond acceptors (Lipinski definition) is 3. The largest absolute Gasteiger partial charge is 0.497 e. The molecule has 0 amide bonds. The van der Waals surface area contributed by atoms with Crippen LogP contribution < -0.4 is 9.47 Å². The minimum absolute atomic E-state index is 0.00324. The molecule has 0 aliphatic heterocycles. The van der Waals surface area contributed by atoms with Crippen LogP contribution >= 0.6 is 0 Å². The lowest BCUT2D eigenvalue weighted by molar-refractivity contribution is 0.390. The zero-order valence-corrected chi connectivity index (χ0v) is 10.5. The van der Waals surface area contributed by atoms with Gasteiger partial charge in [0.05, 0.1) is 14.2 Å². The van der Waals surface area contributed by atoms with Crippen molar-refractivity contribution in [3.05, 3.63) is 41.6 Å². The van der Waals surface area contributed by atoms with Crippen LogP contribution in [0.2, 0.25) is 0 Å². The molecule has 20 heavy (non-hydrogen) atoms. The second kappa shape index (κ2) is 5.36. The predicted octanol–water partition coefficient (Wildman–Crippen LogP) is 3.32. The third-order valence-electron chi connectivity index (χ3n) is 2.61. The lowest BCUT2D eigenvalue weighted by Crippen LogP contribution is -2.03. The van der Waals surface area contributed by atoms with E-state index in [9.17, 15) is 17.6 Å². The van der Waals surface area contributed by atoms with Gasteiger partial charge in [0.15, 0.2) is 5.82 Å².